The molecule has 0 atom stereocenters. The van der Waals surface area contributed by atoms with Crippen LogP contribution in [0.3, 0.4) is 0 Å². The molecule has 1 aliphatic heterocycles. The van der Waals surface area contributed by atoms with Gasteiger partial charge in [-0.2, -0.15) is 8.61 Å². The van der Waals surface area contributed by atoms with Gasteiger partial charge in [-0.3, -0.25) is 4.79 Å². The number of carbonyl (C=O) groups is 1. The van der Waals surface area contributed by atoms with Gasteiger partial charge in [-0.15, -0.1) is 0 Å². The molecule has 1 fully saturated rings. The summed E-state index contributed by atoms with van der Waals surface area (Å²) in [7, 11) is -6.23. The summed E-state index contributed by atoms with van der Waals surface area (Å²) in [5.41, 5.74) is 0.965. The van der Waals surface area contributed by atoms with Gasteiger partial charge in [0.25, 0.3) is 0 Å². The largest absolute Gasteiger partial charge is 0.379 e. The van der Waals surface area contributed by atoms with E-state index >= 15 is 0 Å². The minimum absolute atomic E-state index is 0.0561. The second-order valence-corrected chi connectivity index (χ2v) is 11.1. The summed E-state index contributed by atoms with van der Waals surface area (Å²) >= 11 is 0. The summed E-state index contributed by atoms with van der Waals surface area (Å²) in [5.74, 6) is -0.578. The highest BCUT2D eigenvalue weighted by molar-refractivity contribution is 7.89. The third-order valence-corrected chi connectivity index (χ3v) is 8.62. The molecule has 0 spiro atoms. The molecule has 0 bridgehead atoms. The maximum Gasteiger partial charge on any atom is 0.243 e. The summed E-state index contributed by atoms with van der Waals surface area (Å²) in [6, 6.07) is 12.3. The molecule has 1 N–H and O–H groups in total. The van der Waals surface area contributed by atoms with Crippen LogP contribution in [-0.2, 0) is 29.6 Å². The molecule has 0 radical (unpaired) electrons. The lowest BCUT2D eigenvalue weighted by molar-refractivity contribution is -0.116. The van der Waals surface area contributed by atoms with Gasteiger partial charge in [0.1, 0.15) is 0 Å². The van der Waals surface area contributed by atoms with E-state index < -0.39 is 32.5 Å². The average Bonchev–Trinajstić information content (AvgIpc) is 2.76. The lowest BCUT2D eigenvalue weighted by Gasteiger charge is -2.26. The number of morpholine rings is 1. The SMILES string of the molecule is Cc1ccc(S(=O)(=O)N2CCOCC2)cc1NC(=O)CN(C)S(=O)(=O)c1ccccc1. The zero-order chi connectivity index (χ0) is 22.6. The Kier molecular flexibility index (Phi) is 7.12. The normalized spacial score (nSPS) is 15.7. The third-order valence-electron chi connectivity index (χ3n) is 4.91. The summed E-state index contributed by atoms with van der Waals surface area (Å²) in [6.45, 7) is 2.50. The molecule has 2 aromatic rings. The molecule has 1 aliphatic rings. The van der Waals surface area contributed by atoms with Crippen molar-refractivity contribution in [2.24, 2.45) is 0 Å². The van der Waals surface area contributed by atoms with Crippen molar-refractivity contribution in [3.63, 3.8) is 0 Å². The van der Waals surface area contributed by atoms with E-state index in [9.17, 15) is 21.6 Å². The highest BCUT2D eigenvalue weighted by Gasteiger charge is 2.27. The second-order valence-electron chi connectivity index (χ2n) is 7.12. The van der Waals surface area contributed by atoms with Gasteiger partial charge in [-0.1, -0.05) is 24.3 Å². The van der Waals surface area contributed by atoms with E-state index in [2.05, 4.69) is 5.32 Å². The molecule has 0 unspecified atom stereocenters. The van der Waals surface area contributed by atoms with E-state index in [1.54, 1.807) is 31.2 Å². The fourth-order valence-corrected chi connectivity index (χ4v) is 5.66. The monoisotopic (exact) mass is 467 g/mol. The Bertz CT molecular complexity index is 1140. The Morgan fingerprint density at radius 2 is 1.68 bits per heavy atom. The predicted molar refractivity (Wildman–Crippen MR) is 116 cm³/mol. The van der Waals surface area contributed by atoms with Crippen LogP contribution in [0.25, 0.3) is 0 Å². The number of hydrogen-bond donors (Lipinski definition) is 1. The number of rotatable bonds is 7. The third kappa shape index (κ3) is 5.31. The highest BCUT2D eigenvalue weighted by atomic mass is 32.2. The van der Waals surface area contributed by atoms with E-state index in [1.807, 2.05) is 0 Å². The predicted octanol–water partition coefficient (Wildman–Crippen LogP) is 1.28. The first-order valence-corrected chi connectivity index (χ1v) is 12.5. The van der Waals surface area contributed by atoms with Gasteiger partial charge in [0.2, 0.25) is 26.0 Å². The minimum atomic E-state index is -3.82. The number of likely N-dealkylation sites (N-methyl/N-ethyl adjacent to an activating group) is 1. The smallest absolute Gasteiger partial charge is 0.243 e. The first kappa shape index (κ1) is 23.4. The molecule has 31 heavy (non-hydrogen) atoms. The second kappa shape index (κ2) is 9.45. The number of carbonyl (C=O) groups excluding carboxylic acids is 1. The van der Waals surface area contributed by atoms with Gasteiger partial charge in [0.05, 0.1) is 29.5 Å². The number of aryl methyl sites for hydroxylation is 1. The van der Waals surface area contributed by atoms with Crippen molar-refractivity contribution >= 4 is 31.6 Å². The van der Waals surface area contributed by atoms with Crippen LogP contribution in [0.1, 0.15) is 5.56 Å². The molecule has 2 aromatic carbocycles. The summed E-state index contributed by atoms with van der Waals surface area (Å²) in [6.07, 6.45) is 0. The van der Waals surface area contributed by atoms with Crippen molar-refractivity contribution in [2.45, 2.75) is 16.7 Å². The van der Waals surface area contributed by atoms with Crippen molar-refractivity contribution in [3.05, 3.63) is 54.1 Å². The molecule has 1 amide bonds. The van der Waals surface area contributed by atoms with Gasteiger partial charge in [-0.25, -0.2) is 16.8 Å². The van der Waals surface area contributed by atoms with Gasteiger partial charge in [-0.05, 0) is 36.8 Å². The van der Waals surface area contributed by atoms with Crippen molar-refractivity contribution < 1.29 is 26.4 Å². The molecule has 0 aromatic heterocycles. The Morgan fingerprint density at radius 3 is 2.32 bits per heavy atom. The maximum absolute atomic E-state index is 12.9. The van der Waals surface area contributed by atoms with E-state index in [4.69, 9.17) is 4.74 Å². The fourth-order valence-electron chi connectivity index (χ4n) is 3.08. The zero-order valence-electron chi connectivity index (χ0n) is 17.3. The van der Waals surface area contributed by atoms with Gasteiger partial charge >= 0.3 is 0 Å². The van der Waals surface area contributed by atoms with Gasteiger partial charge in [0.15, 0.2) is 0 Å². The molecule has 9 nitrogen and oxygen atoms in total. The quantitative estimate of drug-likeness (QED) is 0.656. The molecule has 0 saturated carbocycles. The number of nitrogens with zero attached hydrogens (tertiary/aromatic N) is 2. The highest BCUT2D eigenvalue weighted by Crippen LogP contribution is 2.24. The number of anilines is 1. The number of hydrogen-bond acceptors (Lipinski definition) is 6. The van der Waals surface area contributed by atoms with Crippen molar-refractivity contribution in [1.29, 1.82) is 0 Å². The first-order chi connectivity index (χ1) is 14.6. The minimum Gasteiger partial charge on any atom is -0.379 e. The molecule has 168 valence electrons. The van der Waals surface area contributed by atoms with Crippen molar-refractivity contribution in [2.75, 3.05) is 45.2 Å². The molecule has 1 heterocycles. The number of sulfonamides is 2. The van der Waals surface area contributed by atoms with E-state index in [1.165, 1.54) is 35.6 Å². The van der Waals surface area contributed by atoms with Gasteiger partial charge < -0.3 is 10.1 Å². The number of benzene rings is 2. The fraction of sp³-hybridized carbons (Fsp3) is 0.350. The van der Waals surface area contributed by atoms with Crippen molar-refractivity contribution in [3.8, 4) is 0 Å². The Hall–Kier alpha value is -2.31. The molecule has 3 rings (SSSR count). The summed E-state index contributed by atoms with van der Waals surface area (Å²) < 4.78 is 58.4. The van der Waals surface area contributed by atoms with E-state index in [-0.39, 0.29) is 22.9 Å². The lowest BCUT2D eigenvalue weighted by atomic mass is 10.2. The van der Waals surface area contributed by atoms with Crippen LogP contribution in [0.2, 0.25) is 0 Å². The van der Waals surface area contributed by atoms with Crippen LogP contribution in [0.4, 0.5) is 5.69 Å². The van der Waals surface area contributed by atoms with Crippen LogP contribution in [0, 0.1) is 6.92 Å². The summed E-state index contributed by atoms with van der Waals surface area (Å²) in [5, 5.41) is 2.63. The average molecular weight is 468 g/mol. The molecule has 1 saturated heterocycles. The van der Waals surface area contributed by atoms with Crippen LogP contribution in [0.15, 0.2) is 58.3 Å². The van der Waals surface area contributed by atoms with Crippen molar-refractivity contribution in [1.82, 2.24) is 8.61 Å². The standard InChI is InChI=1S/C20H25N3O6S2/c1-16-8-9-18(31(27,28)23-10-12-29-13-11-23)14-19(16)21-20(24)15-22(2)30(25,26)17-6-4-3-5-7-17/h3-9,14H,10-13,15H2,1-2H3,(H,21,24). The molecular weight excluding hydrogens is 442 g/mol. The molecular formula is C20H25N3O6S2. The Balaban J connectivity index is 1.75. The van der Waals surface area contributed by atoms with Crippen LogP contribution in [0.5, 0.6) is 0 Å². The van der Waals surface area contributed by atoms with E-state index in [0.717, 1.165) is 4.31 Å². The summed E-state index contributed by atoms with van der Waals surface area (Å²) in [4.78, 5) is 12.7. The topological polar surface area (TPSA) is 113 Å². The number of ether oxygens (including phenoxy) is 1. The molecule has 11 heteroatoms. The maximum atomic E-state index is 12.9. The van der Waals surface area contributed by atoms with E-state index in [0.29, 0.717) is 24.5 Å². The zero-order valence-corrected chi connectivity index (χ0v) is 18.9. The first-order valence-electron chi connectivity index (χ1n) is 9.62. The lowest BCUT2D eigenvalue weighted by Crippen LogP contribution is -2.40. The number of amides is 1. The van der Waals surface area contributed by atoms with Crippen LogP contribution < -0.4 is 5.32 Å². The van der Waals surface area contributed by atoms with Crippen LogP contribution in [-0.4, -0.2) is 71.2 Å². The Labute approximate surface area is 182 Å². The number of nitrogens with one attached hydrogen (secondary N) is 1. The Morgan fingerprint density at radius 1 is 1.03 bits per heavy atom. The van der Waals surface area contributed by atoms with Gasteiger partial charge in [0, 0.05) is 25.8 Å². The van der Waals surface area contributed by atoms with Crippen LogP contribution >= 0.6 is 0 Å². The molecule has 0 aliphatic carbocycles.